The van der Waals surface area contributed by atoms with Crippen LogP contribution in [0.1, 0.15) is 51.0 Å². The van der Waals surface area contributed by atoms with E-state index in [0.717, 1.165) is 11.8 Å². The summed E-state index contributed by atoms with van der Waals surface area (Å²) >= 11 is 1.93. The van der Waals surface area contributed by atoms with Crippen LogP contribution in [0, 0.1) is 11.8 Å². The molecular formula is C18H25NS. The highest BCUT2D eigenvalue weighted by Crippen LogP contribution is 2.33. The number of nitrogens with one attached hydrogen (secondary N) is 1. The lowest BCUT2D eigenvalue weighted by atomic mass is 9.79. The maximum Gasteiger partial charge on any atom is 0.0388 e. The van der Waals surface area contributed by atoms with Gasteiger partial charge in [-0.2, -0.15) is 0 Å². The largest absolute Gasteiger partial charge is 0.306 e. The second-order valence-electron chi connectivity index (χ2n) is 6.58. The lowest BCUT2D eigenvalue weighted by molar-refractivity contribution is 0.217. The van der Waals surface area contributed by atoms with Crippen molar-refractivity contribution in [3.05, 3.63) is 35.2 Å². The van der Waals surface area contributed by atoms with Crippen molar-refractivity contribution in [1.29, 1.82) is 0 Å². The van der Waals surface area contributed by atoms with Gasteiger partial charge in [-0.3, -0.25) is 0 Å². The molecule has 1 aromatic carbocycles. The molecule has 4 unspecified atom stereocenters. The van der Waals surface area contributed by atoms with Crippen molar-refractivity contribution in [3.63, 3.8) is 0 Å². The summed E-state index contributed by atoms with van der Waals surface area (Å²) in [7, 11) is 0. The molecule has 0 saturated heterocycles. The average molecular weight is 287 g/mol. The van der Waals surface area contributed by atoms with Crippen LogP contribution in [-0.4, -0.2) is 6.04 Å². The van der Waals surface area contributed by atoms with E-state index in [1.807, 2.05) is 11.3 Å². The fourth-order valence-corrected chi connectivity index (χ4v) is 4.61. The molecule has 0 radical (unpaired) electrons. The van der Waals surface area contributed by atoms with Crippen LogP contribution in [0.3, 0.4) is 0 Å². The summed E-state index contributed by atoms with van der Waals surface area (Å²) in [4.78, 5) is 1.47. The molecule has 1 fully saturated rings. The molecule has 2 aromatic rings. The van der Waals surface area contributed by atoms with Crippen LogP contribution in [0.25, 0.3) is 10.1 Å². The zero-order chi connectivity index (χ0) is 14.1. The number of benzene rings is 1. The van der Waals surface area contributed by atoms with Gasteiger partial charge in [-0.25, -0.2) is 0 Å². The minimum atomic E-state index is 0.466. The zero-order valence-electron chi connectivity index (χ0n) is 12.7. The SMILES string of the molecule is CC1CCC(NC(C)c2cc3ccccc3s2)C(C)C1. The second-order valence-corrected chi connectivity index (χ2v) is 7.69. The second kappa shape index (κ2) is 5.87. The van der Waals surface area contributed by atoms with Crippen LogP contribution in [-0.2, 0) is 0 Å². The van der Waals surface area contributed by atoms with Gasteiger partial charge in [-0.05, 0) is 55.5 Å². The smallest absolute Gasteiger partial charge is 0.0388 e. The van der Waals surface area contributed by atoms with Gasteiger partial charge in [0.1, 0.15) is 0 Å². The number of hydrogen-bond donors (Lipinski definition) is 1. The molecule has 0 amide bonds. The third-order valence-corrected chi connectivity index (χ3v) is 6.07. The van der Waals surface area contributed by atoms with Crippen LogP contribution in [0.4, 0.5) is 0 Å². The van der Waals surface area contributed by atoms with Gasteiger partial charge in [0.15, 0.2) is 0 Å². The molecule has 0 bridgehead atoms. The van der Waals surface area contributed by atoms with Gasteiger partial charge >= 0.3 is 0 Å². The predicted octanol–water partition coefficient (Wildman–Crippen LogP) is 5.38. The van der Waals surface area contributed by atoms with Crippen LogP contribution in [0.2, 0.25) is 0 Å². The van der Waals surface area contributed by atoms with E-state index in [1.165, 1.54) is 34.2 Å². The average Bonchev–Trinajstić information content (AvgIpc) is 2.86. The summed E-state index contributed by atoms with van der Waals surface area (Å²) in [5.41, 5.74) is 0. The summed E-state index contributed by atoms with van der Waals surface area (Å²) < 4.78 is 1.40. The first kappa shape index (κ1) is 14.1. The zero-order valence-corrected chi connectivity index (χ0v) is 13.5. The molecule has 108 valence electrons. The van der Waals surface area contributed by atoms with E-state index < -0.39 is 0 Å². The summed E-state index contributed by atoms with van der Waals surface area (Å²) in [6, 6.07) is 12.2. The van der Waals surface area contributed by atoms with Crippen LogP contribution in [0.5, 0.6) is 0 Å². The molecule has 1 aromatic heterocycles. The van der Waals surface area contributed by atoms with E-state index in [4.69, 9.17) is 0 Å². The van der Waals surface area contributed by atoms with Crippen molar-refractivity contribution in [3.8, 4) is 0 Å². The highest BCUT2D eigenvalue weighted by molar-refractivity contribution is 7.19. The molecule has 1 aliphatic carbocycles. The fraction of sp³-hybridized carbons (Fsp3) is 0.556. The Bertz CT molecular complexity index is 541. The predicted molar refractivity (Wildman–Crippen MR) is 89.3 cm³/mol. The van der Waals surface area contributed by atoms with Crippen molar-refractivity contribution in [2.45, 2.75) is 52.1 Å². The first-order chi connectivity index (χ1) is 9.63. The monoisotopic (exact) mass is 287 g/mol. The molecule has 1 N–H and O–H groups in total. The number of fused-ring (bicyclic) bond motifs is 1. The summed E-state index contributed by atoms with van der Waals surface area (Å²) in [6.45, 7) is 7.11. The molecule has 1 saturated carbocycles. The number of thiophene rings is 1. The summed E-state index contributed by atoms with van der Waals surface area (Å²) in [5.74, 6) is 1.71. The Morgan fingerprint density at radius 2 is 2.00 bits per heavy atom. The first-order valence-corrected chi connectivity index (χ1v) is 8.69. The van der Waals surface area contributed by atoms with E-state index in [0.29, 0.717) is 12.1 Å². The molecule has 1 heterocycles. The van der Waals surface area contributed by atoms with Gasteiger partial charge in [0.05, 0.1) is 0 Å². The molecular weight excluding hydrogens is 262 g/mol. The summed E-state index contributed by atoms with van der Waals surface area (Å²) in [6.07, 6.45) is 4.08. The van der Waals surface area contributed by atoms with Gasteiger partial charge in [0.25, 0.3) is 0 Å². The van der Waals surface area contributed by atoms with Gasteiger partial charge in [-0.15, -0.1) is 11.3 Å². The van der Waals surface area contributed by atoms with Crippen molar-refractivity contribution in [2.75, 3.05) is 0 Å². The highest BCUT2D eigenvalue weighted by Gasteiger charge is 2.26. The molecule has 4 atom stereocenters. The first-order valence-electron chi connectivity index (χ1n) is 7.88. The maximum atomic E-state index is 3.88. The maximum absolute atomic E-state index is 3.88. The van der Waals surface area contributed by atoms with Crippen molar-refractivity contribution >= 4 is 21.4 Å². The number of hydrogen-bond acceptors (Lipinski definition) is 2. The van der Waals surface area contributed by atoms with Crippen LogP contribution in [0.15, 0.2) is 30.3 Å². The molecule has 0 aliphatic heterocycles. The summed E-state index contributed by atoms with van der Waals surface area (Å²) in [5, 5.41) is 5.26. The van der Waals surface area contributed by atoms with Gasteiger partial charge in [0.2, 0.25) is 0 Å². The van der Waals surface area contributed by atoms with Gasteiger partial charge < -0.3 is 5.32 Å². The third-order valence-electron chi connectivity index (χ3n) is 4.77. The third kappa shape index (κ3) is 2.91. The van der Waals surface area contributed by atoms with E-state index in [9.17, 15) is 0 Å². The van der Waals surface area contributed by atoms with Crippen molar-refractivity contribution in [2.24, 2.45) is 11.8 Å². The van der Waals surface area contributed by atoms with Crippen LogP contribution >= 0.6 is 11.3 Å². The normalized spacial score (nSPS) is 28.6. The Morgan fingerprint density at radius 1 is 1.20 bits per heavy atom. The molecule has 1 aliphatic rings. The highest BCUT2D eigenvalue weighted by atomic mass is 32.1. The molecule has 3 rings (SSSR count). The Hall–Kier alpha value is -0.860. The van der Waals surface area contributed by atoms with E-state index >= 15 is 0 Å². The quantitative estimate of drug-likeness (QED) is 0.799. The Labute approximate surface area is 126 Å². The van der Waals surface area contributed by atoms with E-state index in [-0.39, 0.29) is 0 Å². The molecule has 2 heteroatoms. The molecule has 0 spiro atoms. The Kier molecular flexibility index (Phi) is 4.13. The van der Waals surface area contributed by atoms with Crippen molar-refractivity contribution in [1.82, 2.24) is 5.32 Å². The minimum absolute atomic E-state index is 0.466. The number of rotatable bonds is 3. The topological polar surface area (TPSA) is 12.0 Å². The van der Waals surface area contributed by atoms with E-state index in [1.54, 1.807) is 0 Å². The fourth-order valence-electron chi connectivity index (χ4n) is 3.53. The minimum Gasteiger partial charge on any atom is -0.306 e. The Morgan fingerprint density at radius 3 is 2.75 bits per heavy atom. The molecule has 20 heavy (non-hydrogen) atoms. The van der Waals surface area contributed by atoms with Crippen LogP contribution < -0.4 is 5.32 Å². The Balaban J connectivity index is 1.71. The van der Waals surface area contributed by atoms with Crippen molar-refractivity contribution < 1.29 is 0 Å². The lowest BCUT2D eigenvalue weighted by Gasteiger charge is -2.35. The van der Waals surface area contributed by atoms with Gasteiger partial charge in [0, 0.05) is 21.7 Å². The van der Waals surface area contributed by atoms with Gasteiger partial charge in [-0.1, -0.05) is 32.0 Å². The lowest BCUT2D eigenvalue weighted by Crippen LogP contribution is -2.40. The standard InChI is InChI=1S/C18H25NS/c1-12-8-9-16(13(2)10-12)19-14(3)18-11-15-6-4-5-7-17(15)20-18/h4-7,11-14,16,19H,8-10H2,1-3H3. The van der Waals surface area contributed by atoms with E-state index in [2.05, 4.69) is 56.4 Å². The molecule has 1 nitrogen and oxygen atoms in total.